The summed E-state index contributed by atoms with van der Waals surface area (Å²) in [7, 11) is 0. The van der Waals surface area contributed by atoms with Crippen molar-refractivity contribution >= 4 is 39.0 Å². The predicted molar refractivity (Wildman–Crippen MR) is 129 cm³/mol. The average Bonchev–Trinajstić information content (AvgIpc) is 3.39. The van der Waals surface area contributed by atoms with Crippen molar-refractivity contribution in [2.75, 3.05) is 0 Å². The van der Waals surface area contributed by atoms with Crippen LogP contribution >= 0.6 is 23.1 Å². The summed E-state index contributed by atoms with van der Waals surface area (Å²) in [6.45, 7) is 6.40. The second kappa shape index (κ2) is 7.74. The van der Waals surface area contributed by atoms with E-state index < -0.39 is 0 Å². The van der Waals surface area contributed by atoms with Gasteiger partial charge in [-0.2, -0.15) is 0 Å². The molecule has 0 fully saturated rings. The second-order valence-electron chi connectivity index (χ2n) is 8.64. The van der Waals surface area contributed by atoms with Gasteiger partial charge in [0.05, 0.1) is 11.1 Å². The van der Waals surface area contributed by atoms with Crippen LogP contribution in [0.4, 0.5) is 0 Å². The molecule has 4 heterocycles. The molecule has 1 aromatic carbocycles. The van der Waals surface area contributed by atoms with E-state index in [-0.39, 0.29) is 5.56 Å². The average molecular weight is 476 g/mol. The summed E-state index contributed by atoms with van der Waals surface area (Å²) in [5, 5.41) is 17.9. The van der Waals surface area contributed by atoms with E-state index in [1.807, 2.05) is 24.3 Å². The maximum atomic E-state index is 14.0. The summed E-state index contributed by atoms with van der Waals surface area (Å²) >= 11 is 3.00. The largest absolute Gasteiger partial charge is 0.268 e. The molecular formula is C23H21N7OS2. The first kappa shape index (κ1) is 20.5. The molecule has 0 saturated carbocycles. The van der Waals surface area contributed by atoms with Crippen molar-refractivity contribution in [2.45, 2.75) is 50.2 Å². The SMILES string of the molecule is Cc1ccc(-n2c(Sc3ccc4nnnn4n3)nc3sc4c(c3c2=O)CCC(C)C4)cc1C. The van der Waals surface area contributed by atoms with E-state index in [1.165, 1.54) is 32.4 Å². The smallest absolute Gasteiger partial charge is 0.267 e. The van der Waals surface area contributed by atoms with Crippen LogP contribution in [0.2, 0.25) is 0 Å². The zero-order valence-electron chi connectivity index (χ0n) is 18.4. The van der Waals surface area contributed by atoms with Gasteiger partial charge >= 0.3 is 0 Å². The first-order valence-electron chi connectivity index (χ1n) is 10.9. The fourth-order valence-corrected chi connectivity index (χ4v) is 6.60. The lowest BCUT2D eigenvalue weighted by Gasteiger charge is -2.18. The highest BCUT2D eigenvalue weighted by molar-refractivity contribution is 7.99. The van der Waals surface area contributed by atoms with Gasteiger partial charge in [-0.15, -0.1) is 26.2 Å². The Balaban J connectivity index is 1.58. The number of hydrogen-bond acceptors (Lipinski definition) is 8. The molecule has 0 bridgehead atoms. The van der Waals surface area contributed by atoms with Crippen molar-refractivity contribution in [3.05, 3.63) is 62.3 Å². The molecule has 1 unspecified atom stereocenters. The number of fused-ring (bicyclic) bond motifs is 4. The molecule has 0 amide bonds. The van der Waals surface area contributed by atoms with Crippen LogP contribution in [-0.2, 0) is 12.8 Å². The molecule has 0 saturated heterocycles. The molecule has 0 spiro atoms. The molecule has 1 atom stereocenters. The van der Waals surface area contributed by atoms with Gasteiger partial charge in [0.1, 0.15) is 9.86 Å². The van der Waals surface area contributed by atoms with Gasteiger partial charge in [0.15, 0.2) is 10.8 Å². The molecule has 166 valence electrons. The summed E-state index contributed by atoms with van der Waals surface area (Å²) in [5.74, 6) is 0.633. The van der Waals surface area contributed by atoms with Gasteiger partial charge in [-0.05, 0) is 102 Å². The Bertz CT molecular complexity index is 1600. The number of thiophene rings is 1. The lowest BCUT2D eigenvalue weighted by Crippen LogP contribution is -2.22. The van der Waals surface area contributed by atoms with Crippen LogP contribution in [0.5, 0.6) is 0 Å². The Kier molecular flexibility index (Phi) is 4.81. The maximum absolute atomic E-state index is 14.0. The normalized spacial score (nSPS) is 15.9. The number of rotatable bonds is 3. The highest BCUT2D eigenvalue weighted by Crippen LogP contribution is 2.37. The van der Waals surface area contributed by atoms with Crippen molar-refractivity contribution in [3.8, 4) is 5.69 Å². The summed E-state index contributed by atoms with van der Waals surface area (Å²) < 4.78 is 3.11. The number of benzene rings is 1. The monoisotopic (exact) mass is 475 g/mol. The van der Waals surface area contributed by atoms with E-state index in [4.69, 9.17) is 4.98 Å². The zero-order chi connectivity index (χ0) is 22.7. The Morgan fingerprint density at radius 1 is 1.15 bits per heavy atom. The Hall–Kier alpha value is -3.11. The fourth-order valence-electron chi connectivity index (χ4n) is 4.31. The van der Waals surface area contributed by atoms with Crippen LogP contribution in [0.3, 0.4) is 0 Å². The molecule has 1 aliphatic carbocycles. The van der Waals surface area contributed by atoms with Gasteiger partial charge in [-0.1, -0.05) is 13.0 Å². The number of hydrogen-bond donors (Lipinski definition) is 0. The summed E-state index contributed by atoms with van der Waals surface area (Å²) in [5.41, 5.74) is 4.86. The molecular weight excluding hydrogens is 454 g/mol. The van der Waals surface area contributed by atoms with Crippen molar-refractivity contribution < 1.29 is 0 Å². The Morgan fingerprint density at radius 3 is 2.88 bits per heavy atom. The molecule has 8 nitrogen and oxygen atoms in total. The molecule has 10 heteroatoms. The quantitative estimate of drug-likeness (QED) is 0.362. The van der Waals surface area contributed by atoms with E-state index in [9.17, 15) is 4.79 Å². The van der Waals surface area contributed by atoms with Crippen molar-refractivity contribution in [2.24, 2.45) is 5.92 Å². The fraction of sp³-hybridized carbons (Fsp3) is 0.304. The minimum atomic E-state index is -0.0127. The maximum Gasteiger partial charge on any atom is 0.267 e. The van der Waals surface area contributed by atoms with Gasteiger partial charge in [-0.3, -0.25) is 9.36 Å². The third kappa shape index (κ3) is 3.44. The number of tetrazole rings is 1. The minimum absolute atomic E-state index is 0.0127. The minimum Gasteiger partial charge on any atom is -0.268 e. The zero-order valence-corrected chi connectivity index (χ0v) is 20.1. The predicted octanol–water partition coefficient (Wildman–Crippen LogP) is 4.17. The van der Waals surface area contributed by atoms with Crippen LogP contribution in [0, 0.1) is 19.8 Å². The van der Waals surface area contributed by atoms with Crippen LogP contribution in [0.15, 0.2) is 45.3 Å². The second-order valence-corrected chi connectivity index (χ2v) is 10.7. The van der Waals surface area contributed by atoms with Gasteiger partial charge in [0.2, 0.25) is 0 Å². The highest BCUT2D eigenvalue weighted by atomic mass is 32.2. The van der Waals surface area contributed by atoms with Crippen molar-refractivity contribution in [1.82, 2.24) is 34.8 Å². The number of nitrogens with zero attached hydrogens (tertiary/aromatic N) is 7. The lowest BCUT2D eigenvalue weighted by atomic mass is 9.89. The summed E-state index contributed by atoms with van der Waals surface area (Å²) in [4.78, 5) is 21.1. The highest BCUT2D eigenvalue weighted by Gasteiger charge is 2.25. The molecule has 0 N–H and O–H groups in total. The van der Waals surface area contributed by atoms with E-state index >= 15 is 0 Å². The standard InChI is InChI=1S/C23H21N7OS2/c1-12-4-7-16-17(10-12)32-21-20(16)22(31)29(15-6-5-13(2)14(3)11-15)23(24-21)33-19-9-8-18-25-27-28-30(18)26-19/h5-6,8-9,11-12H,4,7,10H2,1-3H3. The third-order valence-corrected chi connectivity index (χ3v) is 8.32. The van der Waals surface area contributed by atoms with Crippen LogP contribution < -0.4 is 5.56 Å². The van der Waals surface area contributed by atoms with Gasteiger partial charge < -0.3 is 0 Å². The molecule has 4 aromatic heterocycles. The van der Waals surface area contributed by atoms with Crippen molar-refractivity contribution in [3.63, 3.8) is 0 Å². The Morgan fingerprint density at radius 2 is 2.03 bits per heavy atom. The summed E-state index contributed by atoms with van der Waals surface area (Å²) in [6.07, 6.45) is 3.05. The topological polar surface area (TPSA) is 90.9 Å². The van der Waals surface area contributed by atoms with Crippen LogP contribution in [0.1, 0.15) is 34.9 Å². The Labute approximate surface area is 197 Å². The first-order valence-corrected chi connectivity index (χ1v) is 12.5. The molecule has 0 radical (unpaired) electrons. The molecule has 33 heavy (non-hydrogen) atoms. The van der Waals surface area contributed by atoms with Crippen molar-refractivity contribution in [1.29, 1.82) is 0 Å². The number of aryl methyl sites for hydroxylation is 3. The van der Waals surface area contributed by atoms with E-state index in [0.29, 0.717) is 21.7 Å². The van der Waals surface area contributed by atoms with E-state index in [0.717, 1.165) is 40.7 Å². The summed E-state index contributed by atoms with van der Waals surface area (Å²) in [6, 6.07) is 9.73. The van der Waals surface area contributed by atoms with Gasteiger partial charge in [0, 0.05) is 4.88 Å². The van der Waals surface area contributed by atoms with E-state index in [1.54, 1.807) is 22.0 Å². The molecule has 6 rings (SSSR count). The molecule has 5 aromatic rings. The van der Waals surface area contributed by atoms with Crippen LogP contribution in [-0.4, -0.2) is 34.8 Å². The lowest BCUT2D eigenvalue weighted by molar-refractivity contribution is 0.509. The van der Waals surface area contributed by atoms with Gasteiger partial charge in [-0.25, -0.2) is 4.98 Å². The van der Waals surface area contributed by atoms with Gasteiger partial charge in [0.25, 0.3) is 5.56 Å². The number of aromatic nitrogens is 7. The third-order valence-electron chi connectivity index (χ3n) is 6.29. The molecule has 0 aliphatic heterocycles. The molecule has 1 aliphatic rings. The van der Waals surface area contributed by atoms with E-state index in [2.05, 4.69) is 41.4 Å². The van der Waals surface area contributed by atoms with Crippen LogP contribution in [0.25, 0.3) is 21.6 Å². The first-order chi connectivity index (χ1) is 16.0.